The van der Waals surface area contributed by atoms with E-state index in [0.717, 1.165) is 17.2 Å². The number of rotatable bonds is 1. The maximum atomic E-state index is 12.5. The summed E-state index contributed by atoms with van der Waals surface area (Å²) in [7, 11) is 0. The Labute approximate surface area is 111 Å². The Morgan fingerprint density at radius 2 is 2.10 bits per heavy atom. The van der Waals surface area contributed by atoms with Gasteiger partial charge >= 0.3 is 6.18 Å². The summed E-state index contributed by atoms with van der Waals surface area (Å²) in [6.45, 7) is 0.871. The molecule has 0 aliphatic carbocycles. The van der Waals surface area contributed by atoms with Crippen molar-refractivity contribution in [1.29, 1.82) is 0 Å². The second-order valence-electron chi connectivity index (χ2n) is 4.57. The Hall–Kier alpha value is -2.25. The summed E-state index contributed by atoms with van der Waals surface area (Å²) in [4.78, 5) is 15.4. The molecule has 0 saturated carbocycles. The van der Waals surface area contributed by atoms with Crippen molar-refractivity contribution in [3.8, 4) is 0 Å². The minimum atomic E-state index is -4.54. The van der Waals surface area contributed by atoms with Crippen LogP contribution in [0.3, 0.4) is 0 Å². The standard InChI is InChI=1S/C12H10F3N3O2/c13-12(14,15)9-4-10(17-20-9)18-2-1-7-3-11(19)16-5-8(7)6-18/h3-5H,1-2,6H2,(H,16,19). The van der Waals surface area contributed by atoms with Crippen LogP contribution in [0, 0.1) is 0 Å². The van der Waals surface area contributed by atoms with Gasteiger partial charge in [-0.1, -0.05) is 5.16 Å². The third-order valence-corrected chi connectivity index (χ3v) is 3.22. The van der Waals surface area contributed by atoms with Crippen LogP contribution in [0.1, 0.15) is 16.9 Å². The second-order valence-corrected chi connectivity index (χ2v) is 4.57. The molecule has 0 radical (unpaired) electrons. The quantitative estimate of drug-likeness (QED) is 0.870. The molecule has 2 aromatic rings. The molecule has 1 N–H and O–H groups in total. The molecular weight excluding hydrogens is 275 g/mol. The first kappa shape index (κ1) is 12.8. The van der Waals surface area contributed by atoms with E-state index in [1.165, 1.54) is 6.07 Å². The number of hydrogen-bond acceptors (Lipinski definition) is 4. The fourth-order valence-electron chi connectivity index (χ4n) is 2.21. The van der Waals surface area contributed by atoms with E-state index in [1.54, 1.807) is 11.1 Å². The number of nitrogens with zero attached hydrogens (tertiary/aromatic N) is 2. The van der Waals surface area contributed by atoms with Crippen molar-refractivity contribution < 1.29 is 17.7 Å². The molecule has 0 saturated heterocycles. The molecule has 20 heavy (non-hydrogen) atoms. The molecule has 5 nitrogen and oxygen atoms in total. The third-order valence-electron chi connectivity index (χ3n) is 3.22. The monoisotopic (exact) mass is 285 g/mol. The van der Waals surface area contributed by atoms with Gasteiger partial charge in [0.1, 0.15) is 0 Å². The Kier molecular flexibility index (Phi) is 2.81. The predicted octanol–water partition coefficient (Wildman–Crippen LogP) is 1.94. The lowest BCUT2D eigenvalue weighted by Crippen LogP contribution is -2.31. The van der Waals surface area contributed by atoms with Crippen molar-refractivity contribution in [2.75, 3.05) is 11.4 Å². The first-order valence-electron chi connectivity index (χ1n) is 5.93. The maximum Gasteiger partial charge on any atom is 0.452 e. The molecule has 2 aromatic heterocycles. The lowest BCUT2D eigenvalue weighted by Gasteiger charge is -2.27. The van der Waals surface area contributed by atoms with Crippen LogP contribution in [0.5, 0.6) is 0 Å². The highest BCUT2D eigenvalue weighted by Gasteiger charge is 2.37. The first-order valence-corrected chi connectivity index (χ1v) is 5.93. The van der Waals surface area contributed by atoms with E-state index in [0.29, 0.717) is 19.5 Å². The Balaban J connectivity index is 1.85. The summed E-state index contributed by atoms with van der Waals surface area (Å²) in [5, 5.41) is 3.46. The van der Waals surface area contributed by atoms with Gasteiger partial charge in [0.05, 0.1) is 0 Å². The number of nitrogens with one attached hydrogen (secondary N) is 1. The van der Waals surface area contributed by atoms with Crippen LogP contribution in [0.25, 0.3) is 0 Å². The number of fused-ring (bicyclic) bond motifs is 1. The van der Waals surface area contributed by atoms with E-state index in [2.05, 4.69) is 14.7 Å². The zero-order valence-electron chi connectivity index (χ0n) is 10.2. The van der Waals surface area contributed by atoms with Gasteiger partial charge in [0.2, 0.25) is 11.3 Å². The van der Waals surface area contributed by atoms with E-state index in [1.807, 2.05) is 0 Å². The lowest BCUT2D eigenvalue weighted by atomic mass is 10.0. The van der Waals surface area contributed by atoms with Gasteiger partial charge in [-0.25, -0.2) is 0 Å². The summed E-state index contributed by atoms with van der Waals surface area (Å²) in [5.74, 6) is -0.964. The van der Waals surface area contributed by atoms with Crippen LogP contribution in [0.4, 0.5) is 19.0 Å². The van der Waals surface area contributed by atoms with Crippen molar-refractivity contribution >= 4 is 5.82 Å². The van der Waals surface area contributed by atoms with Gasteiger partial charge < -0.3 is 14.4 Å². The number of pyridine rings is 1. The van der Waals surface area contributed by atoms with Crippen LogP contribution in [0.2, 0.25) is 0 Å². The molecule has 0 bridgehead atoms. The summed E-state index contributed by atoms with van der Waals surface area (Å²) >= 11 is 0. The SMILES string of the molecule is O=c1cc2c(c[nH]1)CN(c1cc(C(F)(F)F)on1)CC2. The molecule has 0 amide bonds. The summed E-state index contributed by atoms with van der Waals surface area (Å²) in [6.07, 6.45) is -2.38. The molecule has 0 atom stereocenters. The number of alkyl halides is 3. The van der Waals surface area contributed by atoms with Gasteiger partial charge in [0, 0.05) is 31.4 Å². The fourth-order valence-corrected chi connectivity index (χ4v) is 2.21. The van der Waals surface area contributed by atoms with Crippen molar-refractivity contribution in [2.45, 2.75) is 19.1 Å². The molecule has 1 aliphatic heterocycles. The average molecular weight is 285 g/mol. The molecule has 1 aliphatic rings. The average Bonchev–Trinajstić information content (AvgIpc) is 2.87. The van der Waals surface area contributed by atoms with Crippen LogP contribution in [0.15, 0.2) is 27.6 Å². The number of hydrogen-bond donors (Lipinski definition) is 1. The minimum Gasteiger partial charge on any atom is -0.349 e. The highest BCUT2D eigenvalue weighted by Crippen LogP contribution is 2.32. The van der Waals surface area contributed by atoms with Gasteiger partial charge in [-0.3, -0.25) is 4.79 Å². The van der Waals surface area contributed by atoms with Gasteiger partial charge in [0.25, 0.3) is 0 Å². The molecule has 106 valence electrons. The molecule has 0 spiro atoms. The van der Waals surface area contributed by atoms with Crippen LogP contribution < -0.4 is 10.5 Å². The molecule has 3 heterocycles. The van der Waals surface area contributed by atoms with Gasteiger partial charge in [-0.05, 0) is 17.5 Å². The topological polar surface area (TPSA) is 62.1 Å². The zero-order valence-corrected chi connectivity index (χ0v) is 10.2. The van der Waals surface area contributed by atoms with Crippen molar-refractivity contribution in [1.82, 2.24) is 10.1 Å². The number of halogens is 3. The van der Waals surface area contributed by atoms with E-state index in [4.69, 9.17) is 0 Å². The van der Waals surface area contributed by atoms with Crippen LogP contribution >= 0.6 is 0 Å². The van der Waals surface area contributed by atoms with E-state index in [-0.39, 0.29) is 11.4 Å². The predicted molar refractivity (Wildman–Crippen MR) is 63.3 cm³/mol. The third kappa shape index (κ3) is 2.28. The molecule has 8 heteroatoms. The van der Waals surface area contributed by atoms with E-state index < -0.39 is 11.9 Å². The minimum absolute atomic E-state index is 0.147. The number of aromatic nitrogens is 2. The largest absolute Gasteiger partial charge is 0.452 e. The summed E-state index contributed by atoms with van der Waals surface area (Å²) in [6, 6.07) is 2.40. The molecule has 0 aromatic carbocycles. The summed E-state index contributed by atoms with van der Waals surface area (Å²) < 4.78 is 41.7. The van der Waals surface area contributed by atoms with E-state index >= 15 is 0 Å². The first-order chi connectivity index (χ1) is 9.43. The lowest BCUT2D eigenvalue weighted by molar-refractivity contribution is -0.155. The van der Waals surface area contributed by atoms with Crippen LogP contribution in [-0.4, -0.2) is 16.7 Å². The van der Waals surface area contributed by atoms with Crippen LogP contribution in [-0.2, 0) is 19.1 Å². The number of anilines is 1. The highest BCUT2D eigenvalue weighted by molar-refractivity contribution is 5.43. The van der Waals surface area contributed by atoms with Gasteiger partial charge in [-0.15, -0.1) is 0 Å². The normalized spacial score (nSPS) is 15.2. The Morgan fingerprint density at radius 1 is 1.30 bits per heavy atom. The van der Waals surface area contributed by atoms with E-state index in [9.17, 15) is 18.0 Å². The molecular formula is C12H10F3N3O2. The zero-order chi connectivity index (χ0) is 14.3. The second kappa shape index (κ2) is 4.39. The van der Waals surface area contributed by atoms with Crippen molar-refractivity contribution in [3.05, 3.63) is 45.6 Å². The van der Waals surface area contributed by atoms with Crippen molar-refractivity contribution in [3.63, 3.8) is 0 Å². The Morgan fingerprint density at radius 3 is 2.80 bits per heavy atom. The molecule has 0 unspecified atom stereocenters. The van der Waals surface area contributed by atoms with Crippen molar-refractivity contribution in [2.24, 2.45) is 0 Å². The fraction of sp³-hybridized carbons (Fsp3) is 0.333. The highest BCUT2D eigenvalue weighted by atomic mass is 19.4. The maximum absolute atomic E-state index is 12.5. The number of aromatic amines is 1. The summed E-state index contributed by atoms with van der Waals surface area (Å²) in [5.41, 5.74) is 1.59. The molecule has 0 fully saturated rings. The van der Waals surface area contributed by atoms with Gasteiger partial charge in [-0.2, -0.15) is 13.2 Å². The number of H-pyrrole nitrogens is 1. The van der Waals surface area contributed by atoms with Gasteiger partial charge in [0.15, 0.2) is 5.82 Å². The molecule has 3 rings (SSSR count). The Bertz CT molecular complexity index is 690. The smallest absolute Gasteiger partial charge is 0.349 e.